The predicted octanol–water partition coefficient (Wildman–Crippen LogP) is 17.2. The number of epoxide rings is 1. The second kappa shape index (κ2) is 29.1. The molecule has 3 heterocycles. The molecule has 0 radical (unpaired) electrons. The molecule has 85 heavy (non-hydrogen) atoms. The summed E-state index contributed by atoms with van der Waals surface area (Å²) in [4.78, 5) is 15.1. The third-order valence-corrected chi connectivity index (χ3v) is 17.5. The molecule has 7 aromatic rings. The van der Waals surface area contributed by atoms with E-state index in [2.05, 4.69) is 30.1 Å². The molecule has 1 aliphatic carbocycles. The van der Waals surface area contributed by atoms with Gasteiger partial charge in [-0.3, -0.25) is 0 Å². The number of unbranched alkanes of at least 4 members (excludes halogenated alkanes) is 6. The van der Waals surface area contributed by atoms with Crippen LogP contribution in [0.25, 0.3) is 32.0 Å². The van der Waals surface area contributed by atoms with Crippen LogP contribution in [0.5, 0.6) is 23.0 Å². The second-order valence-corrected chi connectivity index (χ2v) is 23.8. The maximum Gasteiger partial charge on any atom is 0.429 e. The van der Waals surface area contributed by atoms with Crippen LogP contribution in [0.3, 0.4) is 0 Å². The molecule has 2 saturated heterocycles. The van der Waals surface area contributed by atoms with Crippen LogP contribution < -0.4 is 18.9 Å². The zero-order valence-corrected chi connectivity index (χ0v) is 49.6. The minimum Gasteiger partial charge on any atom is -0.494 e. The van der Waals surface area contributed by atoms with Crippen molar-refractivity contribution < 1.29 is 60.3 Å². The quantitative estimate of drug-likeness (QED) is 0.00772. The lowest BCUT2D eigenvalue weighted by Gasteiger charge is -2.40. The highest BCUT2D eigenvalue weighted by molar-refractivity contribution is 7.20. The first kappa shape index (κ1) is 61.4. The van der Waals surface area contributed by atoms with Crippen LogP contribution in [-0.4, -0.2) is 83.0 Å². The third kappa shape index (κ3) is 15.9. The van der Waals surface area contributed by atoms with Gasteiger partial charge in [0.1, 0.15) is 28.6 Å². The summed E-state index contributed by atoms with van der Waals surface area (Å²) in [6.07, 6.45) is 11.2. The van der Waals surface area contributed by atoms with Crippen molar-refractivity contribution in [2.45, 2.75) is 129 Å². The molecule has 11 nitrogen and oxygen atoms in total. The number of halogens is 4. The number of esters is 1. The van der Waals surface area contributed by atoms with Gasteiger partial charge in [-0.15, -0.1) is 11.3 Å². The number of rotatable bonds is 32. The Morgan fingerprint density at radius 3 is 2.24 bits per heavy atom. The highest BCUT2D eigenvalue weighted by Gasteiger charge is 2.44. The number of aryl methyl sites for hydroxylation is 1. The van der Waals surface area contributed by atoms with E-state index in [9.17, 15) is 4.79 Å². The molecular weight excluding hydrogens is 1110 g/mol. The molecule has 3 atom stereocenters. The van der Waals surface area contributed by atoms with Gasteiger partial charge in [-0.05, 0) is 161 Å². The zero-order chi connectivity index (χ0) is 59.2. The van der Waals surface area contributed by atoms with Gasteiger partial charge in [-0.2, -0.15) is 19.0 Å². The molecule has 3 aliphatic rings. The van der Waals surface area contributed by atoms with Crippen LogP contribution in [-0.2, 0) is 25.1 Å². The van der Waals surface area contributed by atoms with Crippen molar-refractivity contribution in [3.63, 3.8) is 0 Å². The molecule has 3 fully saturated rings. The summed E-state index contributed by atoms with van der Waals surface area (Å²) >= 11 is 1.58. The summed E-state index contributed by atoms with van der Waals surface area (Å²) in [6, 6.07) is 31.0. The first-order valence-electron chi connectivity index (χ1n) is 30.2. The first-order valence-corrected chi connectivity index (χ1v) is 31.0. The molecule has 6 aromatic carbocycles. The number of alkyl halides is 2. The maximum absolute atomic E-state index is 16.6. The van der Waals surface area contributed by atoms with Gasteiger partial charge in [-0.1, -0.05) is 87.4 Å². The van der Waals surface area contributed by atoms with Gasteiger partial charge >= 0.3 is 12.1 Å². The summed E-state index contributed by atoms with van der Waals surface area (Å²) in [6.45, 7) is 11.6. The minimum atomic E-state index is -4.40. The minimum absolute atomic E-state index is 0.00606. The molecule has 2 aliphatic heterocycles. The highest BCUT2D eigenvalue weighted by atomic mass is 32.1. The van der Waals surface area contributed by atoms with E-state index in [1.807, 2.05) is 31.2 Å². The SMILES string of the molecule is CCCC/C(=N\N=C\c1cc(OC(F)(F)c2ccc(-c3ccc(OCCCCCOCC4CCC5OC5C4)cc3)c(F)c2F)c2ccccc2c1OC(=O)c1ccc(OCCCCCCOCC2(CC)COC2)c(C)c1)c1cc2ccccc2s1. The fourth-order valence-electron chi connectivity index (χ4n) is 11.0. The Morgan fingerprint density at radius 1 is 0.753 bits per heavy atom. The summed E-state index contributed by atoms with van der Waals surface area (Å²) in [5.74, 6) is -2.64. The Balaban J connectivity index is 0.823. The van der Waals surface area contributed by atoms with Gasteiger partial charge in [0, 0.05) is 51.8 Å². The largest absolute Gasteiger partial charge is 0.494 e. The topological polar surface area (TPSA) is 119 Å². The van der Waals surface area contributed by atoms with Crippen molar-refractivity contribution in [1.29, 1.82) is 0 Å². The number of hydrogen-bond acceptors (Lipinski definition) is 12. The fraction of sp³-hybridized carbons (Fsp3) is 0.435. The smallest absolute Gasteiger partial charge is 0.429 e. The lowest BCUT2D eigenvalue weighted by molar-refractivity contribution is -0.187. The molecule has 450 valence electrons. The maximum atomic E-state index is 16.6. The normalized spacial score (nSPS) is 17.5. The Bertz CT molecular complexity index is 3400. The molecule has 1 aromatic heterocycles. The first-order chi connectivity index (χ1) is 41.4. The van der Waals surface area contributed by atoms with Crippen molar-refractivity contribution in [3.8, 4) is 34.1 Å². The van der Waals surface area contributed by atoms with Crippen LogP contribution in [0.1, 0.15) is 136 Å². The molecule has 1 saturated carbocycles. The van der Waals surface area contributed by atoms with E-state index in [1.54, 1.807) is 72.0 Å². The van der Waals surface area contributed by atoms with E-state index >= 15 is 17.6 Å². The molecule has 0 spiro atoms. The van der Waals surface area contributed by atoms with Gasteiger partial charge in [-0.25, -0.2) is 13.6 Å². The average molecular weight is 1190 g/mol. The van der Waals surface area contributed by atoms with E-state index in [4.69, 9.17) is 37.9 Å². The molecule has 0 amide bonds. The van der Waals surface area contributed by atoms with E-state index in [1.165, 1.54) is 24.8 Å². The molecule has 16 heteroatoms. The van der Waals surface area contributed by atoms with E-state index in [0.717, 1.165) is 148 Å². The predicted molar refractivity (Wildman–Crippen MR) is 326 cm³/mol. The van der Waals surface area contributed by atoms with Crippen molar-refractivity contribution in [3.05, 3.63) is 154 Å². The molecule has 10 rings (SSSR count). The lowest BCUT2D eigenvalue weighted by Crippen LogP contribution is -2.45. The van der Waals surface area contributed by atoms with Gasteiger partial charge < -0.3 is 37.9 Å². The molecule has 3 unspecified atom stereocenters. The monoisotopic (exact) mass is 1180 g/mol. The van der Waals surface area contributed by atoms with Gasteiger partial charge in [0.25, 0.3) is 0 Å². The second-order valence-electron chi connectivity index (χ2n) is 22.7. The zero-order valence-electron chi connectivity index (χ0n) is 48.8. The van der Waals surface area contributed by atoms with Gasteiger partial charge in [0.15, 0.2) is 11.6 Å². The lowest BCUT2D eigenvalue weighted by atomic mass is 9.84. The number of carbonyl (C=O) groups is 1. The molecule has 0 N–H and O–H groups in total. The number of carbonyl (C=O) groups excluding carboxylic acids is 1. The van der Waals surface area contributed by atoms with Crippen LogP contribution in [0.2, 0.25) is 0 Å². The summed E-state index contributed by atoms with van der Waals surface area (Å²) < 4.78 is 113. The molecular formula is C69H76F4N2O9S. The van der Waals surface area contributed by atoms with Gasteiger partial charge in [0.05, 0.1) is 67.6 Å². The average Bonchev–Trinajstić information content (AvgIpc) is 2.57. The van der Waals surface area contributed by atoms with Crippen LogP contribution in [0.4, 0.5) is 17.6 Å². The van der Waals surface area contributed by atoms with Crippen molar-refractivity contribution in [1.82, 2.24) is 0 Å². The van der Waals surface area contributed by atoms with Crippen molar-refractivity contribution in [2.24, 2.45) is 21.5 Å². The third-order valence-electron chi connectivity index (χ3n) is 16.3. The number of thiophene rings is 1. The highest BCUT2D eigenvalue weighted by Crippen LogP contribution is 2.44. The van der Waals surface area contributed by atoms with Crippen LogP contribution >= 0.6 is 11.3 Å². The number of ether oxygens (including phenoxy) is 8. The number of fused-ring (bicyclic) bond motifs is 3. The Morgan fingerprint density at radius 2 is 1.49 bits per heavy atom. The van der Waals surface area contributed by atoms with Crippen LogP contribution in [0.15, 0.2) is 125 Å². The Hall–Kier alpha value is -6.69. The molecule has 0 bridgehead atoms. The standard InChI is InChI=1S/C69H76F4N2O9S/c1-4-6-21-57(63-40-49-18-10-13-22-62(49)85-63)75-74-41-51-39-60(54-19-11-12-20-55(54)66(51)83-67(76)50-26-32-58(46(3)37-50)81-36-16-8-7-14-34-78-43-68(5-2)44-79-45-68)84-69(72,73)56-30-29-53(64(70)65(56)71)48-24-27-52(28-25-48)80-35-17-9-15-33-77-42-47-23-31-59-61(38-47)82-59/h10-13,18-20,22,24-30,32,37,39-41,47,59,61H,4-9,14-17,21,23,31,33-36,38,42-45H2,1-3H3/b74-41+,75-57+. The Kier molecular flexibility index (Phi) is 21.0. The van der Waals surface area contributed by atoms with Crippen molar-refractivity contribution >= 4 is 50.1 Å². The Labute approximate surface area is 499 Å². The van der Waals surface area contributed by atoms with Crippen LogP contribution in [0, 0.1) is 29.9 Å². The van der Waals surface area contributed by atoms with Gasteiger partial charge in [0.2, 0.25) is 0 Å². The fourth-order valence-corrected chi connectivity index (χ4v) is 12.0. The summed E-state index contributed by atoms with van der Waals surface area (Å²) in [7, 11) is 0. The van der Waals surface area contributed by atoms with E-state index in [0.29, 0.717) is 55.9 Å². The summed E-state index contributed by atoms with van der Waals surface area (Å²) in [5, 5.41) is 10.5. The summed E-state index contributed by atoms with van der Waals surface area (Å²) in [5.41, 5.74) is 0.638. The number of nitrogens with zero attached hydrogens (tertiary/aromatic N) is 2. The number of benzene rings is 6. The van der Waals surface area contributed by atoms with Crippen molar-refractivity contribution in [2.75, 3.05) is 52.9 Å². The number of hydrogen-bond donors (Lipinski definition) is 0. The van der Waals surface area contributed by atoms with E-state index < -0.39 is 35.0 Å². The van der Waals surface area contributed by atoms with E-state index in [-0.39, 0.29) is 44.2 Å².